The van der Waals surface area contributed by atoms with Gasteiger partial charge in [0.05, 0.1) is 30.9 Å². The summed E-state index contributed by atoms with van der Waals surface area (Å²) in [4.78, 5) is 4.68. The molecule has 2 heterocycles. The van der Waals surface area contributed by atoms with Gasteiger partial charge < -0.3 is 14.6 Å². The standard InChI is InChI=1S/C26H23N3O3/c1-15-5-7-18(11-16(15)2)29-26-20-13-19(31-3)8-9-22(20)27-14-21(26)25(28-29)17-6-10-23(30)24(12-17)32-4/h5-14,30H,1-4H3. The third kappa shape index (κ3) is 3.12. The average Bonchev–Trinajstić information content (AvgIpc) is 3.21. The minimum Gasteiger partial charge on any atom is -0.504 e. The highest BCUT2D eigenvalue weighted by Gasteiger charge is 2.19. The van der Waals surface area contributed by atoms with Crippen LogP contribution in [0.1, 0.15) is 11.1 Å². The number of pyridine rings is 1. The van der Waals surface area contributed by atoms with Gasteiger partial charge >= 0.3 is 0 Å². The third-order valence-corrected chi connectivity index (χ3v) is 5.90. The average molecular weight is 425 g/mol. The quantitative estimate of drug-likeness (QED) is 0.407. The first-order valence-electron chi connectivity index (χ1n) is 10.3. The molecule has 6 heteroatoms. The van der Waals surface area contributed by atoms with Crippen molar-refractivity contribution in [2.45, 2.75) is 13.8 Å². The number of hydrogen-bond acceptors (Lipinski definition) is 5. The van der Waals surface area contributed by atoms with Gasteiger partial charge in [0.2, 0.25) is 0 Å². The van der Waals surface area contributed by atoms with Gasteiger partial charge in [0.1, 0.15) is 11.4 Å². The monoisotopic (exact) mass is 425 g/mol. The number of rotatable bonds is 4. The van der Waals surface area contributed by atoms with E-state index >= 15 is 0 Å². The molecule has 32 heavy (non-hydrogen) atoms. The van der Waals surface area contributed by atoms with E-state index in [9.17, 15) is 5.11 Å². The number of aromatic nitrogens is 3. The lowest BCUT2D eigenvalue weighted by molar-refractivity contribution is 0.373. The number of hydrogen-bond donors (Lipinski definition) is 1. The van der Waals surface area contributed by atoms with Crippen LogP contribution in [0.15, 0.2) is 60.8 Å². The van der Waals surface area contributed by atoms with Crippen molar-refractivity contribution in [3.05, 3.63) is 71.9 Å². The van der Waals surface area contributed by atoms with E-state index in [0.717, 1.165) is 44.5 Å². The number of benzene rings is 3. The van der Waals surface area contributed by atoms with E-state index in [1.165, 1.54) is 18.2 Å². The van der Waals surface area contributed by atoms with Gasteiger partial charge in [0.25, 0.3) is 0 Å². The highest BCUT2D eigenvalue weighted by Crippen LogP contribution is 2.38. The summed E-state index contributed by atoms with van der Waals surface area (Å²) in [5.74, 6) is 1.24. The molecule has 0 atom stereocenters. The number of ether oxygens (including phenoxy) is 2. The summed E-state index contributed by atoms with van der Waals surface area (Å²) in [6, 6.07) is 17.4. The van der Waals surface area contributed by atoms with Crippen molar-refractivity contribution < 1.29 is 14.6 Å². The largest absolute Gasteiger partial charge is 0.504 e. The number of methoxy groups -OCH3 is 2. The number of phenolic OH excluding ortho intramolecular Hbond substituents is 1. The van der Waals surface area contributed by atoms with Crippen LogP contribution in [0.4, 0.5) is 0 Å². The molecule has 0 radical (unpaired) electrons. The van der Waals surface area contributed by atoms with Gasteiger partial charge in [-0.15, -0.1) is 0 Å². The molecule has 5 aromatic rings. The molecule has 0 amide bonds. The Balaban J connectivity index is 1.88. The lowest BCUT2D eigenvalue weighted by Crippen LogP contribution is -1.99. The number of phenols is 1. The van der Waals surface area contributed by atoms with E-state index in [-0.39, 0.29) is 5.75 Å². The lowest BCUT2D eigenvalue weighted by atomic mass is 10.1. The first-order chi connectivity index (χ1) is 15.5. The second-order valence-corrected chi connectivity index (χ2v) is 7.82. The van der Waals surface area contributed by atoms with Crippen molar-refractivity contribution in [2.24, 2.45) is 0 Å². The van der Waals surface area contributed by atoms with Crippen molar-refractivity contribution in [1.82, 2.24) is 14.8 Å². The van der Waals surface area contributed by atoms with Gasteiger partial charge in [-0.3, -0.25) is 4.98 Å². The van der Waals surface area contributed by atoms with Gasteiger partial charge in [-0.25, -0.2) is 4.68 Å². The Morgan fingerprint density at radius 1 is 0.844 bits per heavy atom. The van der Waals surface area contributed by atoms with Crippen LogP contribution in [0.25, 0.3) is 38.8 Å². The van der Waals surface area contributed by atoms with Crippen molar-refractivity contribution >= 4 is 21.8 Å². The van der Waals surface area contributed by atoms with E-state index in [0.29, 0.717) is 5.75 Å². The number of fused-ring (bicyclic) bond motifs is 3. The van der Waals surface area contributed by atoms with Gasteiger partial charge in [0.15, 0.2) is 11.5 Å². The Labute approximate surface area is 185 Å². The number of aryl methyl sites for hydroxylation is 2. The lowest BCUT2D eigenvalue weighted by Gasteiger charge is -2.09. The van der Waals surface area contributed by atoms with E-state index in [2.05, 4.69) is 37.0 Å². The van der Waals surface area contributed by atoms with Gasteiger partial charge in [0, 0.05) is 22.5 Å². The maximum atomic E-state index is 10.1. The zero-order valence-electron chi connectivity index (χ0n) is 18.4. The van der Waals surface area contributed by atoms with Gasteiger partial charge in [-0.1, -0.05) is 6.07 Å². The maximum Gasteiger partial charge on any atom is 0.161 e. The maximum absolute atomic E-state index is 10.1. The van der Waals surface area contributed by atoms with Crippen LogP contribution >= 0.6 is 0 Å². The van der Waals surface area contributed by atoms with Crippen LogP contribution in [0.2, 0.25) is 0 Å². The van der Waals surface area contributed by atoms with Crippen LogP contribution in [-0.4, -0.2) is 34.1 Å². The fraction of sp³-hybridized carbons (Fsp3) is 0.154. The fourth-order valence-electron chi connectivity index (χ4n) is 3.97. The van der Waals surface area contributed by atoms with Crippen molar-refractivity contribution in [3.63, 3.8) is 0 Å². The Kier molecular flexibility index (Phi) is 4.70. The molecule has 0 bridgehead atoms. The van der Waals surface area contributed by atoms with Crippen molar-refractivity contribution in [2.75, 3.05) is 14.2 Å². The number of aromatic hydroxyl groups is 1. The summed E-state index contributed by atoms with van der Waals surface area (Å²) in [6.45, 7) is 4.19. The molecule has 1 N–H and O–H groups in total. The van der Waals surface area contributed by atoms with Crippen LogP contribution in [0.3, 0.4) is 0 Å². The highest BCUT2D eigenvalue weighted by molar-refractivity contribution is 6.09. The topological polar surface area (TPSA) is 69.4 Å². The van der Waals surface area contributed by atoms with E-state index in [1.54, 1.807) is 19.2 Å². The zero-order chi connectivity index (χ0) is 22.4. The molecule has 2 aromatic heterocycles. The van der Waals surface area contributed by atoms with Crippen molar-refractivity contribution in [3.8, 4) is 34.2 Å². The van der Waals surface area contributed by atoms with Gasteiger partial charge in [-0.2, -0.15) is 5.10 Å². The van der Waals surface area contributed by atoms with Crippen LogP contribution < -0.4 is 9.47 Å². The Bertz CT molecular complexity index is 1490. The second-order valence-electron chi connectivity index (χ2n) is 7.82. The molecular formula is C26H23N3O3. The molecule has 0 aliphatic carbocycles. The fourth-order valence-corrected chi connectivity index (χ4v) is 3.97. The minimum absolute atomic E-state index is 0.0856. The summed E-state index contributed by atoms with van der Waals surface area (Å²) in [7, 11) is 3.19. The summed E-state index contributed by atoms with van der Waals surface area (Å²) in [5.41, 5.74) is 6.77. The van der Waals surface area contributed by atoms with E-state index < -0.39 is 0 Å². The molecule has 0 aliphatic heterocycles. The summed E-state index contributed by atoms with van der Waals surface area (Å²) < 4.78 is 12.8. The zero-order valence-corrected chi connectivity index (χ0v) is 18.4. The van der Waals surface area contributed by atoms with E-state index in [1.807, 2.05) is 35.1 Å². The molecule has 5 rings (SSSR count). The third-order valence-electron chi connectivity index (χ3n) is 5.90. The molecule has 6 nitrogen and oxygen atoms in total. The van der Waals surface area contributed by atoms with Crippen LogP contribution in [-0.2, 0) is 0 Å². The minimum atomic E-state index is 0.0856. The molecule has 0 unspecified atom stereocenters. The molecule has 0 spiro atoms. The normalized spacial score (nSPS) is 11.2. The second kappa shape index (κ2) is 7.57. The molecule has 160 valence electrons. The summed E-state index contributed by atoms with van der Waals surface area (Å²) in [6.07, 6.45) is 1.85. The van der Waals surface area contributed by atoms with Crippen molar-refractivity contribution in [1.29, 1.82) is 0 Å². The molecule has 0 saturated heterocycles. The first-order valence-corrected chi connectivity index (χ1v) is 10.3. The predicted molar refractivity (Wildman–Crippen MR) is 126 cm³/mol. The SMILES string of the molecule is COc1ccc2ncc3c(-c4ccc(O)c(OC)c4)nn(-c4ccc(C)c(C)c4)c3c2c1. The Morgan fingerprint density at radius 3 is 2.44 bits per heavy atom. The Hall–Kier alpha value is -4.06. The molecule has 0 aliphatic rings. The molecular weight excluding hydrogens is 402 g/mol. The van der Waals surface area contributed by atoms with E-state index in [4.69, 9.17) is 14.6 Å². The molecule has 0 saturated carbocycles. The van der Waals surface area contributed by atoms with Gasteiger partial charge in [-0.05, 0) is 73.5 Å². The Morgan fingerprint density at radius 2 is 1.69 bits per heavy atom. The molecule has 3 aromatic carbocycles. The highest BCUT2D eigenvalue weighted by atomic mass is 16.5. The molecule has 0 fully saturated rings. The summed E-state index contributed by atoms with van der Waals surface area (Å²) in [5, 5.41) is 16.9. The smallest absolute Gasteiger partial charge is 0.161 e. The first kappa shape index (κ1) is 19.9. The predicted octanol–water partition coefficient (Wildman–Crippen LogP) is 5.58. The summed E-state index contributed by atoms with van der Waals surface area (Å²) >= 11 is 0. The van der Waals surface area contributed by atoms with Crippen LogP contribution in [0.5, 0.6) is 17.2 Å². The van der Waals surface area contributed by atoms with Crippen LogP contribution in [0, 0.1) is 13.8 Å². The number of nitrogens with zero attached hydrogens (tertiary/aromatic N) is 3.